The van der Waals surface area contributed by atoms with Gasteiger partial charge < -0.3 is 4.90 Å². The SMILES string of the molecule is CCN(C(=O)Cn1ncc(Cl)c(Cl)c1=O)[C@@H]1CCS(=O)(=O)C1. The van der Waals surface area contributed by atoms with Gasteiger partial charge in [-0.05, 0) is 13.3 Å². The minimum Gasteiger partial charge on any atom is -0.337 e. The van der Waals surface area contributed by atoms with Crippen LogP contribution in [0.25, 0.3) is 0 Å². The van der Waals surface area contributed by atoms with Crippen LogP contribution in [0.3, 0.4) is 0 Å². The molecule has 7 nitrogen and oxygen atoms in total. The summed E-state index contributed by atoms with van der Waals surface area (Å²) >= 11 is 11.4. The number of nitrogens with zero attached hydrogens (tertiary/aromatic N) is 3. The Balaban J connectivity index is 2.17. The molecule has 0 N–H and O–H groups in total. The second kappa shape index (κ2) is 6.55. The van der Waals surface area contributed by atoms with Crippen molar-refractivity contribution in [2.75, 3.05) is 18.1 Å². The van der Waals surface area contributed by atoms with Crippen LogP contribution >= 0.6 is 23.2 Å². The number of sulfone groups is 1. The first-order chi connectivity index (χ1) is 10.2. The van der Waals surface area contributed by atoms with Crippen molar-refractivity contribution in [3.05, 3.63) is 26.6 Å². The molecule has 2 rings (SSSR count). The molecule has 1 aromatic heterocycles. The summed E-state index contributed by atoms with van der Waals surface area (Å²) in [5.41, 5.74) is -0.655. The average Bonchev–Trinajstić information content (AvgIpc) is 2.80. The molecule has 0 bridgehead atoms. The van der Waals surface area contributed by atoms with Gasteiger partial charge in [-0.2, -0.15) is 5.10 Å². The molecule has 0 aliphatic carbocycles. The number of halogens is 2. The summed E-state index contributed by atoms with van der Waals surface area (Å²) < 4.78 is 24.0. The maximum absolute atomic E-state index is 12.3. The molecule has 1 fully saturated rings. The highest BCUT2D eigenvalue weighted by Gasteiger charge is 2.34. The van der Waals surface area contributed by atoms with E-state index in [1.165, 1.54) is 11.1 Å². The van der Waals surface area contributed by atoms with Gasteiger partial charge in [0.1, 0.15) is 11.6 Å². The van der Waals surface area contributed by atoms with Crippen LogP contribution in [0.2, 0.25) is 10.0 Å². The smallest absolute Gasteiger partial charge is 0.287 e. The summed E-state index contributed by atoms with van der Waals surface area (Å²) in [6.45, 7) is 1.81. The fourth-order valence-corrected chi connectivity index (χ4v) is 4.44. The third kappa shape index (κ3) is 3.61. The molecule has 1 aromatic rings. The largest absolute Gasteiger partial charge is 0.337 e. The Bertz CT molecular complexity index is 747. The Morgan fingerprint density at radius 1 is 1.50 bits per heavy atom. The average molecular weight is 368 g/mol. The lowest BCUT2D eigenvalue weighted by Gasteiger charge is -2.26. The summed E-state index contributed by atoms with van der Waals surface area (Å²) in [4.78, 5) is 25.7. The number of hydrogen-bond acceptors (Lipinski definition) is 5. The molecule has 1 aliphatic heterocycles. The maximum Gasteiger partial charge on any atom is 0.287 e. The molecular weight excluding hydrogens is 353 g/mol. The quantitative estimate of drug-likeness (QED) is 0.776. The van der Waals surface area contributed by atoms with Gasteiger partial charge in [-0.1, -0.05) is 23.2 Å². The lowest BCUT2D eigenvalue weighted by atomic mass is 10.2. The van der Waals surface area contributed by atoms with Crippen LogP contribution in [-0.2, 0) is 21.2 Å². The van der Waals surface area contributed by atoms with Crippen molar-refractivity contribution in [2.45, 2.75) is 25.9 Å². The summed E-state index contributed by atoms with van der Waals surface area (Å²) in [6, 6.07) is -0.360. The zero-order valence-electron chi connectivity index (χ0n) is 11.8. The first kappa shape index (κ1) is 17.2. The number of hydrogen-bond donors (Lipinski definition) is 0. The molecule has 1 saturated heterocycles. The summed E-state index contributed by atoms with van der Waals surface area (Å²) in [7, 11) is -3.09. The molecule has 0 spiro atoms. The maximum atomic E-state index is 12.3. The molecule has 1 aliphatic rings. The Hall–Kier alpha value is -1.12. The number of carbonyl (C=O) groups is 1. The van der Waals surface area contributed by atoms with Gasteiger partial charge in [0, 0.05) is 12.6 Å². The zero-order valence-corrected chi connectivity index (χ0v) is 14.2. The standard InChI is InChI=1S/C12H15Cl2N3O4S/c1-2-16(8-3-4-22(20,21)7-8)10(18)6-17-12(19)11(14)9(13)5-15-17/h5,8H,2-4,6-7H2,1H3/t8-/m1/s1. The van der Waals surface area contributed by atoms with Crippen molar-refractivity contribution >= 4 is 38.9 Å². The summed E-state index contributed by atoms with van der Waals surface area (Å²) in [5.74, 6) is -0.347. The van der Waals surface area contributed by atoms with Crippen molar-refractivity contribution in [1.29, 1.82) is 0 Å². The number of carbonyl (C=O) groups excluding carboxylic acids is 1. The second-order valence-corrected chi connectivity index (χ2v) is 8.02. The van der Waals surface area contributed by atoms with E-state index in [9.17, 15) is 18.0 Å². The van der Waals surface area contributed by atoms with E-state index in [-0.39, 0.29) is 40.0 Å². The monoisotopic (exact) mass is 367 g/mol. The topological polar surface area (TPSA) is 89.3 Å². The van der Waals surface area contributed by atoms with E-state index in [1.807, 2.05) is 0 Å². The molecule has 1 atom stereocenters. The fraction of sp³-hybridized carbons (Fsp3) is 0.583. The van der Waals surface area contributed by atoms with Crippen molar-refractivity contribution in [3.63, 3.8) is 0 Å². The highest BCUT2D eigenvalue weighted by molar-refractivity contribution is 7.91. The van der Waals surface area contributed by atoms with Gasteiger partial charge in [-0.15, -0.1) is 0 Å². The second-order valence-electron chi connectivity index (χ2n) is 5.01. The molecule has 0 unspecified atom stereocenters. The Morgan fingerprint density at radius 2 is 2.18 bits per heavy atom. The minimum absolute atomic E-state index is 0.0181. The molecular formula is C12H15Cl2N3O4S. The van der Waals surface area contributed by atoms with Gasteiger partial charge in [0.15, 0.2) is 9.84 Å². The molecule has 1 amide bonds. The molecule has 0 aromatic carbocycles. The van der Waals surface area contributed by atoms with Crippen LogP contribution in [0, 0.1) is 0 Å². The Kier molecular flexibility index (Phi) is 5.14. The van der Waals surface area contributed by atoms with Crippen LogP contribution in [-0.4, -0.2) is 53.1 Å². The number of amides is 1. The first-order valence-electron chi connectivity index (χ1n) is 6.66. The van der Waals surface area contributed by atoms with E-state index in [2.05, 4.69) is 5.10 Å². The van der Waals surface area contributed by atoms with E-state index in [4.69, 9.17) is 23.2 Å². The van der Waals surface area contributed by atoms with E-state index >= 15 is 0 Å². The molecule has 0 saturated carbocycles. The van der Waals surface area contributed by atoms with Crippen LogP contribution in [0.1, 0.15) is 13.3 Å². The van der Waals surface area contributed by atoms with Crippen LogP contribution in [0.4, 0.5) is 0 Å². The highest BCUT2D eigenvalue weighted by atomic mass is 35.5. The molecule has 22 heavy (non-hydrogen) atoms. The van der Waals surface area contributed by atoms with Crippen molar-refractivity contribution in [2.24, 2.45) is 0 Å². The van der Waals surface area contributed by atoms with Gasteiger partial charge in [0.05, 0.1) is 22.7 Å². The van der Waals surface area contributed by atoms with Crippen molar-refractivity contribution in [3.8, 4) is 0 Å². The summed E-state index contributed by atoms with van der Waals surface area (Å²) in [5, 5.41) is 3.59. The molecule has 10 heteroatoms. The third-order valence-electron chi connectivity index (χ3n) is 3.54. The van der Waals surface area contributed by atoms with Crippen LogP contribution in [0.5, 0.6) is 0 Å². The highest BCUT2D eigenvalue weighted by Crippen LogP contribution is 2.18. The molecule has 122 valence electrons. The zero-order chi connectivity index (χ0) is 16.5. The third-order valence-corrected chi connectivity index (χ3v) is 6.04. The van der Waals surface area contributed by atoms with Crippen molar-refractivity contribution in [1.82, 2.24) is 14.7 Å². The van der Waals surface area contributed by atoms with Gasteiger partial charge in [-0.25, -0.2) is 13.1 Å². The molecule has 2 heterocycles. The Labute approximate surface area is 137 Å². The van der Waals surface area contributed by atoms with Crippen LogP contribution in [0.15, 0.2) is 11.0 Å². The fourth-order valence-electron chi connectivity index (χ4n) is 2.44. The van der Waals surface area contributed by atoms with Gasteiger partial charge in [-0.3, -0.25) is 9.59 Å². The number of aromatic nitrogens is 2. The number of likely N-dealkylation sites (N-methyl/N-ethyl adjacent to an activating group) is 1. The minimum atomic E-state index is -3.09. The number of rotatable bonds is 4. The van der Waals surface area contributed by atoms with E-state index in [0.29, 0.717) is 13.0 Å². The van der Waals surface area contributed by atoms with E-state index in [0.717, 1.165) is 4.68 Å². The predicted octanol–water partition coefficient (Wildman–Crippen LogP) is 0.586. The lowest BCUT2D eigenvalue weighted by Crippen LogP contribution is -2.44. The summed E-state index contributed by atoms with van der Waals surface area (Å²) in [6.07, 6.45) is 1.60. The lowest BCUT2D eigenvalue weighted by molar-refractivity contribution is -0.133. The predicted molar refractivity (Wildman–Crippen MR) is 83.0 cm³/mol. The van der Waals surface area contributed by atoms with Crippen LogP contribution < -0.4 is 5.56 Å². The van der Waals surface area contributed by atoms with Gasteiger partial charge in [0.2, 0.25) is 5.91 Å². The van der Waals surface area contributed by atoms with E-state index < -0.39 is 15.4 Å². The first-order valence-corrected chi connectivity index (χ1v) is 9.24. The Morgan fingerprint density at radius 3 is 2.73 bits per heavy atom. The van der Waals surface area contributed by atoms with Gasteiger partial charge in [0.25, 0.3) is 5.56 Å². The molecule has 0 radical (unpaired) electrons. The van der Waals surface area contributed by atoms with Gasteiger partial charge >= 0.3 is 0 Å². The van der Waals surface area contributed by atoms with Crippen molar-refractivity contribution < 1.29 is 13.2 Å². The van der Waals surface area contributed by atoms with E-state index in [1.54, 1.807) is 6.92 Å². The normalized spacial score (nSPS) is 20.0.